The van der Waals surface area contributed by atoms with Crippen molar-refractivity contribution in [1.29, 1.82) is 0 Å². The SMILES string of the molecule is Clc1cccc(Cn2ccc3ccc(Br)cc32)c1. The Labute approximate surface area is 119 Å². The zero-order valence-corrected chi connectivity index (χ0v) is 11.9. The average Bonchev–Trinajstić information content (AvgIpc) is 2.72. The van der Waals surface area contributed by atoms with E-state index in [1.54, 1.807) is 0 Å². The van der Waals surface area contributed by atoms with Gasteiger partial charge in [0.15, 0.2) is 0 Å². The third-order valence-electron chi connectivity index (χ3n) is 2.98. The van der Waals surface area contributed by atoms with E-state index in [0.717, 1.165) is 16.0 Å². The molecule has 1 heterocycles. The van der Waals surface area contributed by atoms with Crippen LogP contribution in [-0.2, 0) is 6.54 Å². The molecule has 0 N–H and O–H groups in total. The summed E-state index contributed by atoms with van der Waals surface area (Å²) in [6, 6.07) is 16.4. The third-order valence-corrected chi connectivity index (χ3v) is 3.71. The molecule has 3 rings (SSSR count). The summed E-state index contributed by atoms with van der Waals surface area (Å²) in [5.41, 5.74) is 2.43. The Hall–Kier alpha value is -1.25. The Morgan fingerprint density at radius 1 is 1.06 bits per heavy atom. The van der Waals surface area contributed by atoms with Crippen LogP contribution in [0.2, 0.25) is 5.02 Å². The Balaban J connectivity index is 2.02. The van der Waals surface area contributed by atoms with Gasteiger partial charge in [0.2, 0.25) is 0 Å². The first-order valence-corrected chi connectivity index (χ1v) is 6.88. The van der Waals surface area contributed by atoms with Crippen molar-refractivity contribution in [2.75, 3.05) is 0 Å². The lowest BCUT2D eigenvalue weighted by atomic mass is 10.2. The van der Waals surface area contributed by atoms with Crippen molar-refractivity contribution in [2.45, 2.75) is 6.54 Å². The second-order valence-electron chi connectivity index (χ2n) is 4.28. The van der Waals surface area contributed by atoms with Gasteiger partial charge in [-0.2, -0.15) is 0 Å². The van der Waals surface area contributed by atoms with Crippen LogP contribution in [0.3, 0.4) is 0 Å². The largest absolute Gasteiger partial charge is 0.343 e. The van der Waals surface area contributed by atoms with E-state index in [0.29, 0.717) is 0 Å². The number of rotatable bonds is 2. The summed E-state index contributed by atoms with van der Waals surface area (Å²) in [6.45, 7) is 0.834. The second kappa shape index (κ2) is 4.79. The predicted molar refractivity (Wildman–Crippen MR) is 80.2 cm³/mol. The van der Waals surface area contributed by atoms with Gasteiger partial charge in [-0.15, -0.1) is 0 Å². The quantitative estimate of drug-likeness (QED) is 0.618. The van der Waals surface area contributed by atoms with Crippen molar-refractivity contribution in [1.82, 2.24) is 4.57 Å². The minimum absolute atomic E-state index is 0.783. The van der Waals surface area contributed by atoms with Crippen LogP contribution < -0.4 is 0 Å². The molecule has 0 saturated heterocycles. The fourth-order valence-corrected chi connectivity index (χ4v) is 2.69. The topological polar surface area (TPSA) is 4.93 Å². The molecule has 0 aliphatic heterocycles. The van der Waals surface area contributed by atoms with E-state index in [-0.39, 0.29) is 0 Å². The lowest BCUT2D eigenvalue weighted by molar-refractivity contribution is 0.837. The summed E-state index contributed by atoms with van der Waals surface area (Å²) >= 11 is 9.53. The van der Waals surface area contributed by atoms with Gasteiger partial charge in [0, 0.05) is 27.8 Å². The van der Waals surface area contributed by atoms with Crippen LogP contribution in [0.1, 0.15) is 5.56 Å². The molecule has 0 fully saturated rings. The molecular weight excluding hydrogens is 310 g/mol. The number of hydrogen-bond acceptors (Lipinski definition) is 0. The highest BCUT2D eigenvalue weighted by Gasteiger charge is 2.02. The normalized spacial score (nSPS) is 11.0. The van der Waals surface area contributed by atoms with E-state index in [1.165, 1.54) is 16.5 Å². The van der Waals surface area contributed by atoms with Gasteiger partial charge in [0.25, 0.3) is 0 Å². The number of hydrogen-bond donors (Lipinski definition) is 0. The van der Waals surface area contributed by atoms with Gasteiger partial charge in [0.05, 0.1) is 0 Å². The maximum atomic E-state index is 6.01. The Kier molecular flexibility index (Phi) is 3.14. The minimum Gasteiger partial charge on any atom is -0.343 e. The number of nitrogens with zero attached hydrogens (tertiary/aromatic N) is 1. The molecule has 0 bridgehead atoms. The monoisotopic (exact) mass is 319 g/mol. The molecule has 1 nitrogen and oxygen atoms in total. The highest BCUT2D eigenvalue weighted by molar-refractivity contribution is 9.10. The standard InChI is InChI=1S/C15H11BrClN/c16-13-5-4-12-6-7-18(15(12)9-13)10-11-2-1-3-14(17)8-11/h1-9H,10H2. The molecule has 0 atom stereocenters. The lowest BCUT2D eigenvalue weighted by Gasteiger charge is -2.06. The Bertz CT molecular complexity index is 703. The first kappa shape index (κ1) is 11.8. The van der Waals surface area contributed by atoms with Crippen molar-refractivity contribution < 1.29 is 0 Å². The molecule has 90 valence electrons. The van der Waals surface area contributed by atoms with Gasteiger partial charge in [-0.1, -0.05) is 45.7 Å². The fourth-order valence-electron chi connectivity index (χ4n) is 2.13. The zero-order valence-electron chi connectivity index (χ0n) is 9.61. The minimum atomic E-state index is 0.783. The summed E-state index contributed by atoms with van der Waals surface area (Å²) in [5.74, 6) is 0. The van der Waals surface area contributed by atoms with Crippen LogP contribution in [-0.4, -0.2) is 4.57 Å². The molecule has 18 heavy (non-hydrogen) atoms. The van der Waals surface area contributed by atoms with Crippen LogP contribution in [0.4, 0.5) is 0 Å². The molecule has 0 unspecified atom stereocenters. The molecule has 1 aromatic heterocycles. The molecule has 0 saturated carbocycles. The first-order chi connectivity index (χ1) is 8.72. The van der Waals surface area contributed by atoms with Crippen molar-refractivity contribution in [3.05, 3.63) is 69.8 Å². The van der Waals surface area contributed by atoms with Gasteiger partial charge >= 0.3 is 0 Å². The van der Waals surface area contributed by atoms with E-state index in [9.17, 15) is 0 Å². The summed E-state index contributed by atoms with van der Waals surface area (Å²) in [6.07, 6.45) is 2.11. The smallest absolute Gasteiger partial charge is 0.0494 e. The number of benzene rings is 2. The Morgan fingerprint density at radius 2 is 1.94 bits per heavy atom. The van der Waals surface area contributed by atoms with Gasteiger partial charge in [-0.25, -0.2) is 0 Å². The highest BCUT2D eigenvalue weighted by Crippen LogP contribution is 2.22. The molecule has 3 aromatic rings. The lowest BCUT2D eigenvalue weighted by Crippen LogP contribution is -1.97. The summed E-state index contributed by atoms with van der Waals surface area (Å²) in [4.78, 5) is 0. The zero-order chi connectivity index (χ0) is 12.5. The molecular formula is C15H11BrClN. The Morgan fingerprint density at radius 3 is 2.78 bits per heavy atom. The van der Waals surface area contributed by atoms with Gasteiger partial charge in [0.1, 0.15) is 0 Å². The fraction of sp³-hybridized carbons (Fsp3) is 0.0667. The molecule has 2 aromatic carbocycles. The summed E-state index contributed by atoms with van der Waals surface area (Å²) in [7, 11) is 0. The molecule has 0 aliphatic carbocycles. The first-order valence-electron chi connectivity index (χ1n) is 5.71. The van der Waals surface area contributed by atoms with Crippen LogP contribution in [0.25, 0.3) is 10.9 Å². The van der Waals surface area contributed by atoms with E-state index >= 15 is 0 Å². The van der Waals surface area contributed by atoms with Crippen molar-refractivity contribution in [3.8, 4) is 0 Å². The van der Waals surface area contributed by atoms with Gasteiger partial charge in [-0.3, -0.25) is 0 Å². The maximum Gasteiger partial charge on any atom is 0.0494 e. The van der Waals surface area contributed by atoms with E-state index in [2.05, 4.69) is 57.0 Å². The maximum absolute atomic E-state index is 6.01. The highest BCUT2D eigenvalue weighted by atomic mass is 79.9. The van der Waals surface area contributed by atoms with Crippen LogP contribution >= 0.6 is 27.5 Å². The van der Waals surface area contributed by atoms with Crippen molar-refractivity contribution in [2.24, 2.45) is 0 Å². The van der Waals surface area contributed by atoms with Gasteiger partial charge < -0.3 is 4.57 Å². The molecule has 3 heteroatoms. The van der Waals surface area contributed by atoms with E-state index in [4.69, 9.17) is 11.6 Å². The summed E-state index contributed by atoms with van der Waals surface area (Å²) < 4.78 is 3.33. The number of aromatic nitrogens is 1. The number of halogens is 2. The summed E-state index contributed by atoms with van der Waals surface area (Å²) in [5, 5.41) is 2.03. The third kappa shape index (κ3) is 2.31. The molecule has 0 aliphatic rings. The van der Waals surface area contributed by atoms with E-state index < -0.39 is 0 Å². The average molecular weight is 321 g/mol. The predicted octanol–water partition coefficient (Wildman–Crippen LogP) is 5.11. The van der Waals surface area contributed by atoms with E-state index in [1.807, 2.05) is 18.2 Å². The van der Waals surface area contributed by atoms with Crippen LogP contribution in [0.5, 0.6) is 0 Å². The van der Waals surface area contributed by atoms with Crippen LogP contribution in [0, 0.1) is 0 Å². The number of fused-ring (bicyclic) bond motifs is 1. The van der Waals surface area contributed by atoms with Crippen LogP contribution in [0.15, 0.2) is 59.2 Å². The second-order valence-corrected chi connectivity index (χ2v) is 5.63. The molecule has 0 amide bonds. The van der Waals surface area contributed by atoms with Crippen molar-refractivity contribution >= 4 is 38.4 Å². The van der Waals surface area contributed by atoms with Gasteiger partial charge in [-0.05, 0) is 41.3 Å². The molecule has 0 spiro atoms. The molecule has 0 radical (unpaired) electrons. The van der Waals surface area contributed by atoms with Crippen molar-refractivity contribution in [3.63, 3.8) is 0 Å².